The Bertz CT molecular complexity index is 413. The van der Waals surface area contributed by atoms with Crippen LogP contribution in [0.2, 0.25) is 0 Å². The molecule has 0 aromatic heterocycles. The molecule has 0 fully saturated rings. The summed E-state index contributed by atoms with van der Waals surface area (Å²) in [6, 6.07) is 5.18. The van der Waals surface area contributed by atoms with Gasteiger partial charge in [-0.25, -0.2) is 4.79 Å². The van der Waals surface area contributed by atoms with Crippen molar-refractivity contribution in [3.05, 3.63) is 28.2 Å². The SMILES string of the molecule is CC(C)(C)OC(=O)Nc1ccc(Br)c(CO)c1. The monoisotopic (exact) mass is 301 g/mol. The minimum Gasteiger partial charge on any atom is -0.444 e. The molecule has 5 heteroatoms. The second-order valence-corrected chi connectivity index (χ2v) is 5.45. The van der Waals surface area contributed by atoms with Gasteiger partial charge in [-0.2, -0.15) is 0 Å². The molecule has 1 rings (SSSR count). The van der Waals surface area contributed by atoms with Crippen LogP contribution in [0, 0.1) is 0 Å². The number of halogens is 1. The number of rotatable bonds is 2. The summed E-state index contributed by atoms with van der Waals surface area (Å²) < 4.78 is 5.92. The molecule has 1 aromatic rings. The van der Waals surface area contributed by atoms with Gasteiger partial charge in [0, 0.05) is 10.2 Å². The second kappa shape index (κ2) is 5.51. The van der Waals surface area contributed by atoms with Gasteiger partial charge in [0.15, 0.2) is 0 Å². The number of anilines is 1. The maximum Gasteiger partial charge on any atom is 0.412 e. The number of benzene rings is 1. The fourth-order valence-corrected chi connectivity index (χ4v) is 1.57. The molecule has 0 spiro atoms. The van der Waals surface area contributed by atoms with Gasteiger partial charge in [-0.15, -0.1) is 0 Å². The Hall–Kier alpha value is -1.07. The zero-order valence-electron chi connectivity index (χ0n) is 10.1. The van der Waals surface area contributed by atoms with Crippen molar-refractivity contribution in [2.75, 3.05) is 5.32 Å². The lowest BCUT2D eigenvalue weighted by molar-refractivity contribution is 0.0636. The Balaban J connectivity index is 2.72. The zero-order valence-corrected chi connectivity index (χ0v) is 11.7. The normalized spacial score (nSPS) is 11.1. The first-order chi connectivity index (χ1) is 7.81. The molecule has 0 unspecified atom stereocenters. The van der Waals surface area contributed by atoms with E-state index in [1.54, 1.807) is 39.0 Å². The van der Waals surface area contributed by atoms with Crippen molar-refractivity contribution in [1.82, 2.24) is 0 Å². The zero-order chi connectivity index (χ0) is 13.1. The number of nitrogens with one attached hydrogen (secondary N) is 1. The van der Waals surface area contributed by atoms with Crippen LogP contribution in [0.15, 0.2) is 22.7 Å². The smallest absolute Gasteiger partial charge is 0.412 e. The molecule has 0 radical (unpaired) electrons. The van der Waals surface area contributed by atoms with Crippen molar-refractivity contribution < 1.29 is 14.6 Å². The molecule has 0 bridgehead atoms. The summed E-state index contributed by atoms with van der Waals surface area (Å²) in [5.41, 5.74) is 0.768. The van der Waals surface area contributed by atoms with Crippen molar-refractivity contribution in [2.45, 2.75) is 33.0 Å². The third-order valence-electron chi connectivity index (χ3n) is 1.86. The molecular weight excluding hydrogens is 286 g/mol. The van der Waals surface area contributed by atoms with E-state index >= 15 is 0 Å². The van der Waals surface area contributed by atoms with Gasteiger partial charge in [-0.3, -0.25) is 5.32 Å². The molecule has 0 aliphatic rings. The minimum atomic E-state index is -0.529. The Labute approximate surface area is 109 Å². The van der Waals surface area contributed by atoms with Crippen LogP contribution in [0.3, 0.4) is 0 Å². The predicted molar refractivity (Wildman–Crippen MR) is 69.9 cm³/mol. The molecule has 0 atom stereocenters. The lowest BCUT2D eigenvalue weighted by Gasteiger charge is -2.19. The lowest BCUT2D eigenvalue weighted by Crippen LogP contribution is -2.27. The number of amides is 1. The fraction of sp³-hybridized carbons (Fsp3) is 0.417. The van der Waals surface area contributed by atoms with E-state index in [0.717, 1.165) is 4.47 Å². The lowest BCUT2D eigenvalue weighted by atomic mass is 10.2. The standard InChI is InChI=1S/C12H16BrNO3/c1-12(2,3)17-11(16)14-9-4-5-10(13)8(6-9)7-15/h4-6,15H,7H2,1-3H3,(H,14,16). The van der Waals surface area contributed by atoms with Gasteiger partial charge >= 0.3 is 6.09 Å². The summed E-state index contributed by atoms with van der Waals surface area (Å²) >= 11 is 3.30. The van der Waals surface area contributed by atoms with E-state index in [-0.39, 0.29) is 6.61 Å². The van der Waals surface area contributed by atoms with Gasteiger partial charge in [0.1, 0.15) is 5.60 Å². The van der Waals surface area contributed by atoms with Crippen molar-refractivity contribution in [3.8, 4) is 0 Å². The van der Waals surface area contributed by atoms with Crippen molar-refractivity contribution >= 4 is 27.7 Å². The molecule has 0 heterocycles. The van der Waals surface area contributed by atoms with Crippen molar-refractivity contribution in [1.29, 1.82) is 0 Å². The summed E-state index contributed by atoms with van der Waals surface area (Å²) in [4.78, 5) is 11.5. The van der Waals surface area contributed by atoms with Gasteiger partial charge in [0.25, 0.3) is 0 Å². The van der Waals surface area contributed by atoms with Gasteiger partial charge in [0.2, 0.25) is 0 Å². The highest BCUT2D eigenvalue weighted by molar-refractivity contribution is 9.10. The Morgan fingerprint density at radius 1 is 1.47 bits per heavy atom. The van der Waals surface area contributed by atoms with Crippen LogP contribution in [-0.4, -0.2) is 16.8 Å². The van der Waals surface area contributed by atoms with Crippen LogP contribution in [0.25, 0.3) is 0 Å². The highest BCUT2D eigenvalue weighted by atomic mass is 79.9. The Kier molecular flexibility index (Phi) is 4.54. The maximum absolute atomic E-state index is 11.5. The topological polar surface area (TPSA) is 58.6 Å². The number of ether oxygens (including phenoxy) is 1. The van der Waals surface area contributed by atoms with E-state index in [4.69, 9.17) is 9.84 Å². The first-order valence-corrected chi connectivity index (χ1v) is 6.00. The predicted octanol–water partition coefficient (Wildman–Crippen LogP) is 3.29. The Morgan fingerprint density at radius 3 is 2.65 bits per heavy atom. The summed E-state index contributed by atoms with van der Waals surface area (Å²) in [6.07, 6.45) is -0.510. The molecule has 1 aromatic carbocycles. The summed E-state index contributed by atoms with van der Waals surface area (Å²) in [5.74, 6) is 0. The second-order valence-electron chi connectivity index (χ2n) is 4.59. The van der Waals surface area contributed by atoms with Crippen LogP contribution in [0.4, 0.5) is 10.5 Å². The molecule has 0 saturated carbocycles. The first kappa shape index (κ1) is 14.0. The molecule has 0 aliphatic heterocycles. The highest BCUT2D eigenvalue weighted by Gasteiger charge is 2.16. The Morgan fingerprint density at radius 2 is 2.12 bits per heavy atom. The maximum atomic E-state index is 11.5. The van der Waals surface area contributed by atoms with Crippen LogP contribution in [0.1, 0.15) is 26.3 Å². The van der Waals surface area contributed by atoms with Crippen molar-refractivity contribution in [3.63, 3.8) is 0 Å². The molecule has 0 aliphatic carbocycles. The quantitative estimate of drug-likeness (QED) is 0.881. The van der Waals surface area contributed by atoms with Crippen LogP contribution >= 0.6 is 15.9 Å². The fourth-order valence-electron chi connectivity index (χ4n) is 1.20. The van der Waals surface area contributed by atoms with Gasteiger partial charge in [-0.1, -0.05) is 15.9 Å². The molecule has 94 valence electrons. The third-order valence-corrected chi connectivity index (χ3v) is 2.63. The first-order valence-electron chi connectivity index (χ1n) is 5.21. The van der Waals surface area contributed by atoms with Crippen LogP contribution in [-0.2, 0) is 11.3 Å². The van der Waals surface area contributed by atoms with Crippen LogP contribution in [0.5, 0.6) is 0 Å². The average Bonchev–Trinajstić information content (AvgIpc) is 2.18. The number of hydrogen-bond donors (Lipinski definition) is 2. The molecule has 17 heavy (non-hydrogen) atoms. The largest absolute Gasteiger partial charge is 0.444 e. The van der Waals surface area contributed by atoms with E-state index in [1.807, 2.05) is 0 Å². The van der Waals surface area contributed by atoms with E-state index in [2.05, 4.69) is 21.2 Å². The average molecular weight is 302 g/mol. The molecule has 4 nitrogen and oxygen atoms in total. The van der Waals surface area contributed by atoms with E-state index < -0.39 is 11.7 Å². The third kappa shape index (κ3) is 4.75. The number of carbonyl (C=O) groups excluding carboxylic acids is 1. The number of carbonyl (C=O) groups is 1. The van der Waals surface area contributed by atoms with E-state index in [9.17, 15) is 4.79 Å². The summed E-state index contributed by atoms with van der Waals surface area (Å²) in [6.45, 7) is 5.30. The molecule has 1 amide bonds. The highest BCUT2D eigenvalue weighted by Crippen LogP contribution is 2.21. The molecular formula is C12H16BrNO3. The number of aliphatic hydroxyl groups is 1. The van der Waals surface area contributed by atoms with Crippen LogP contribution < -0.4 is 5.32 Å². The van der Waals surface area contributed by atoms with Gasteiger partial charge < -0.3 is 9.84 Å². The van der Waals surface area contributed by atoms with E-state index in [1.165, 1.54) is 0 Å². The minimum absolute atomic E-state index is 0.0928. The summed E-state index contributed by atoms with van der Waals surface area (Å²) in [5, 5.41) is 11.7. The van der Waals surface area contributed by atoms with Gasteiger partial charge in [-0.05, 0) is 44.5 Å². The van der Waals surface area contributed by atoms with Crippen molar-refractivity contribution in [2.24, 2.45) is 0 Å². The number of aliphatic hydroxyl groups excluding tert-OH is 1. The van der Waals surface area contributed by atoms with E-state index in [0.29, 0.717) is 11.3 Å². The molecule has 2 N–H and O–H groups in total. The molecule has 0 saturated heterocycles. The number of hydrogen-bond acceptors (Lipinski definition) is 3. The van der Waals surface area contributed by atoms with Gasteiger partial charge in [0.05, 0.1) is 6.61 Å². The summed E-state index contributed by atoms with van der Waals surface area (Å²) in [7, 11) is 0.